The average Bonchev–Trinajstić information content (AvgIpc) is 2.54. The van der Waals surface area contributed by atoms with Crippen LogP contribution in [-0.2, 0) is 0 Å². The molecule has 24 heavy (non-hydrogen) atoms. The number of nitrogens with zero attached hydrogens (tertiary/aromatic N) is 2. The zero-order valence-corrected chi connectivity index (χ0v) is 15.5. The van der Waals surface area contributed by atoms with Gasteiger partial charge < -0.3 is 4.90 Å². The predicted octanol–water partition coefficient (Wildman–Crippen LogP) is 5.86. The van der Waals surface area contributed by atoms with Crippen molar-refractivity contribution in [2.45, 2.75) is 52.5 Å². The molecule has 1 aliphatic rings. The Morgan fingerprint density at radius 1 is 1.17 bits per heavy atom. The molecule has 1 heterocycles. The van der Waals surface area contributed by atoms with Crippen molar-refractivity contribution in [2.24, 2.45) is 4.99 Å². The first kappa shape index (κ1) is 16.8. The maximum absolute atomic E-state index is 4.62. The number of hydrogen-bond acceptors (Lipinski definition) is 2. The van der Waals surface area contributed by atoms with E-state index in [4.69, 9.17) is 0 Å². The number of anilines is 1. The monoisotopic (exact) mass is 320 g/mol. The number of fused-ring (bicyclic) bond motifs is 1. The van der Waals surface area contributed by atoms with Crippen LogP contribution in [0.5, 0.6) is 0 Å². The number of aryl methyl sites for hydroxylation is 1. The Balaban J connectivity index is 1.91. The van der Waals surface area contributed by atoms with Crippen molar-refractivity contribution in [3.63, 3.8) is 0 Å². The molecule has 1 unspecified atom stereocenters. The van der Waals surface area contributed by atoms with Gasteiger partial charge in [-0.2, -0.15) is 0 Å². The van der Waals surface area contributed by atoms with Gasteiger partial charge in [-0.1, -0.05) is 30.7 Å². The molecular weight excluding hydrogens is 292 g/mol. The first-order valence-electron chi connectivity index (χ1n) is 8.93. The average molecular weight is 320 g/mol. The Labute approximate surface area is 146 Å². The minimum absolute atomic E-state index is 0.221. The molecule has 0 saturated carbocycles. The number of aliphatic imine (C=N–C) groups is 1. The molecule has 0 fully saturated rings. The lowest BCUT2D eigenvalue weighted by molar-refractivity contribution is 0.381. The zero-order chi connectivity index (χ0) is 17.3. The molecule has 1 atom stereocenters. The van der Waals surface area contributed by atoms with Crippen molar-refractivity contribution in [3.05, 3.63) is 59.2 Å². The van der Waals surface area contributed by atoms with Crippen molar-refractivity contribution < 1.29 is 0 Å². The van der Waals surface area contributed by atoms with E-state index in [1.165, 1.54) is 28.8 Å². The summed E-state index contributed by atoms with van der Waals surface area (Å²) in [6.07, 6.45) is 3.17. The highest BCUT2D eigenvalue weighted by Gasteiger charge is 2.35. The molecular formula is C22H28N2. The van der Waals surface area contributed by atoms with Gasteiger partial charge in [0, 0.05) is 24.0 Å². The summed E-state index contributed by atoms with van der Waals surface area (Å²) >= 11 is 0. The molecule has 3 rings (SSSR count). The molecule has 0 bridgehead atoms. The summed E-state index contributed by atoms with van der Waals surface area (Å²) in [4.78, 5) is 7.15. The lowest BCUT2D eigenvalue weighted by Gasteiger charge is -2.47. The molecule has 2 nitrogen and oxygen atoms in total. The molecule has 0 N–H and O–H groups in total. The maximum atomic E-state index is 4.62. The third kappa shape index (κ3) is 3.24. The van der Waals surface area contributed by atoms with Crippen LogP contribution in [0.4, 0.5) is 11.4 Å². The fourth-order valence-electron chi connectivity index (χ4n) is 3.97. The third-order valence-corrected chi connectivity index (χ3v) is 5.12. The third-order valence-electron chi connectivity index (χ3n) is 5.12. The second kappa shape index (κ2) is 6.43. The Morgan fingerprint density at radius 2 is 1.88 bits per heavy atom. The summed E-state index contributed by atoms with van der Waals surface area (Å²) in [7, 11) is 0. The van der Waals surface area contributed by atoms with Crippen LogP contribution in [0.1, 0.15) is 56.7 Å². The molecule has 126 valence electrons. The van der Waals surface area contributed by atoms with Crippen molar-refractivity contribution in [3.8, 4) is 0 Å². The Morgan fingerprint density at radius 3 is 2.54 bits per heavy atom. The Kier molecular flexibility index (Phi) is 4.49. The lowest BCUT2D eigenvalue weighted by Crippen LogP contribution is -2.48. The van der Waals surface area contributed by atoms with Gasteiger partial charge in [-0.15, -0.1) is 0 Å². The van der Waals surface area contributed by atoms with Gasteiger partial charge in [0.25, 0.3) is 0 Å². The van der Waals surface area contributed by atoms with Gasteiger partial charge in [-0.05, 0) is 75.4 Å². The molecule has 0 aliphatic carbocycles. The molecule has 0 saturated heterocycles. The van der Waals surface area contributed by atoms with E-state index in [0.29, 0.717) is 5.92 Å². The van der Waals surface area contributed by atoms with E-state index in [-0.39, 0.29) is 5.54 Å². The summed E-state index contributed by atoms with van der Waals surface area (Å²) in [5, 5.41) is 0. The molecule has 1 aliphatic heterocycles. The predicted molar refractivity (Wildman–Crippen MR) is 105 cm³/mol. The molecule has 2 heteroatoms. The fraction of sp³-hybridized carbons (Fsp3) is 0.409. The van der Waals surface area contributed by atoms with E-state index in [1.54, 1.807) is 0 Å². The topological polar surface area (TPSA) is 15.6 Å². The van der Waals surface area contributed by atoms with Gasteiger partial charge >= 0.3 is 0 Å². The van der Waals surface area contributed by atoms with Crippen molar-refractivity contribution in [1.82, 2.24) is 0 Å². The van der Waals surface area contributed by atoms with Crippen molar-refractivity contribution in [2.75, 3.05) is 11.4 Å². The zero-order valence-electron chi connectivity index (χ0n) is 15.5. The van der Waals surface area contributed by atoms with Crippen molar-refractivity contribution in [1.29, 1.82) is 0 Å². The lowest BCUT2D eigenvalue weighted by atomic mass is 9.79. The number of rotatable bonds is 3. The molecule has 0 amide bonds. The summed E-state index contributed by atoms with van der Waals surface area (Å²) in [5.41, 5.74) is 6.50. The maximum Gasteiger partial charge on any atom is 0.0630 e. The van der Waals surface area contributed by atoms with Crippen LogP contribution >= 0.6 is 0 Å². The minimum atomic E-state index is 0.221. The molecule has 2 aromatic rings. The normalized spacial score (nSPS) is 19.5. The summed E-state index contributed by atoms with van der Waals surface area (Å²) in [6.45, 7) is 12.4. The largest absolute Gasteiger partial charge is 0.366 e. The Hall–Kier alpha value is -2.09. The van der Waals surface area contributed by atoms with E-state index >= 15 is 0 Å². The van der Waals surface area contributed by atoms with Crippen LogP contribution < -0.4 is 4.90 Å². The summed E-state index contributed by atoms with van der Waals surface area (Å²) < 4.78 is 0. The highest BCUT2D eigenvalue weighted by molar-refractivity contribution is 5.83. The second-order valence-electron chi connectivity index (χ2n) is 7.57. The van der Waals surface area contributed by atoms with Crippen LogP contribution in [0.25, 0.3) is 0 Å². The Bertz CT molecular complexity index is 741. The van der Waals surface area contributed by atoms with Gasteiger partial charge in [0.2, 0.25) is 0 Å². The van der Waals surface area contributed by atoms with E-state index < -0.39 is 0 Å². The molecule has 0 radical (unpaired) electrons. The molecule has 0 spiro atoms. The first-order valence-corrected chi connectivity index (χ1v) is 8.93. The van der Waals surface area contributed by atoms with Gasteiger partial charge in [0.05, 0.1) is 5.69 Å². The second-order valence-corrected chi connectivity index (χ2v) is 7.57. The van der Waals surface area contributed by atoms with E-state index in [0.717, 1.165) is 12.2 Å². The van der Waals surface area contributed by atoms with Crippen LogP contribution in [0.2, 0.25) is 0 Å². The standard InChI is InChI=1S/C22H28N2/c1-6-24-21-12-9-18(13-20(21)17(3)14-22(24,4)5)15-23-19-10-7-16(2)8-11-19/h7-13,15,17H,6,14H2,1-5H3. The highest BCUT2D eigenvalue weighted by atomic mass is 15.2. The van der Waals surface area contributed by atoms with Gasteiger partial charge in [-0.25, -0.2) is 0 Å². The van der Waals surface area contributed by atoms with Crippen LogP contribution in [0.15, 0.2) is 47.5 Å². The quantitative estimate of drug-likeness (QED) is 0.647. The SMILES string of the molecule is CCN1c2ccc(C=Nc3ccc(C)cc3)cc2C(C)CC1(C)C. The number of benzene rings is 2. The van der Waals surface area contributed by atoms with Crippen molar-refractivity contribution >= 4 is 17.6 Å². The van der Waals surface area contributed by atoms with Crippen LogP contribution in [0.3, 0.4) is 0 Å². The summed E-state index contributed by atoms with van der Waals surface area (Å²) in [6, 6.07) is 15.1. The van der Waals surface area contributed by atoms with E-state index in [9.17, 15) is 0 Å². The smallest absolute Gasteiger partial charge is 0.0630 e. The van der Waals surface area contributed by atoms with Gasteiger partial charge in [0.1, 0.15) is 0 Å². The fourth-order valence-corrected chi connectivity index (χ4v) is 3.97. The highest BCUT2D eigenvalue weighted by Crippen LogP contribution is 2.43. The van der Waals surface area contributed by atoms with E-state index in [2.05, 4.69) is 87.0 Å². The minimum Gasteiger partial charge on any atom is -0.366 e. The van der Waals surface area contributed by atoms with Gasteiger partial charge in [-0.3, -0.25) is 4.99 Å². The van der Waals surface area contributed by atoms with Crippen LogP contribution in [-0.4, -0.2) is 18.3 Å². The van der Waals surface area contributed by atoms with Crippen LogP contribution in [0, 0.1) is 6.92 Å². The molecule has 0 aromatic heterocycles. The first-order chi connectivity index (χ1) is 11.4. The van der Waals surface area contributed by atoms with Gasteiger partial charge in [0.15, 0.2) is 0 Å². The number of hydrogen-bond donors (Lipinski definition) is 0. The van der Waals surface area contributed by atoms with E-state index in [1.807, 2.05) is 6.21 Å². The molecule has 2 aromatic carbocycles. The summed E-state index contributed by atoms with van der Waals surface area (Å²) in [5.74, 6) is 0.575.